The van der Waals surface area contributed by atoms with Gasteiger partial charge in [0.25, 0.3) is 5.91 Å². The van der Waals surface area contributed by atoms with E-state index in [0.717, 1.165) is 20.3 Å². The minimum atomic E-state index is -0.277. The third kappa shape index (κ3) is 6.50. The summed E-state index contributed by atoms with van der Waals surface area (Å²) in [7, 11) is 0. The van der Waals surface area contributed by atoms with Gasteiger partial charge in [-0.1, -0.05) is 46.3 Å². The van der Waals surface area contributed by atoms with Crippen molar-refractivity contribution in [2.75, 3.05) is 25.1 Å². The molecule has 0 aliphatic carbocycles. The quantitative estimate of drug-likeness (QED) is 0.342. The number of rotatable bonds is 9. The third-order valence-electron chi connectivity index (χ3n) is 4.06. The summed E-state index contributed by atoms with van der Waals surface area (Å²) < 4.78 is 18.8. The number of aryl methyl sites for hydroxylation is 1. The van der Waals surface area contributed by atoms with Crippen LogP contribution in [-0.2, 0) is 4.79 Å². The number of hydrogen-bond acceptors (Lipinski definition) is 4. The van der Waals surface area contributed by atoms with E-state index in [-0.39, 0.29) is 12.5 Å². The van der Waals surface area contributed by atoms with Crippen molar-refractivity contribution in [3.05, 3.63) is 81.2 Å². The fraction of sp³-hybridized carbons (Fsp3) is 0.174. The minimum absolute atomic E-state index is 0.119. The molecular weight excluding hydrogens is 514 g/mol. The number of hydrogen-bond donors (Lipinski definition) is 1. The number of halogens is 2. The fourth-order valence-electron chi connectivity index (χ4n) is 2.72. The molecule has 0 spiro atoms. The molecule has 7 heteroatoms. The Morgan fingerprint density at radius 2 is 1.60 bits per heavy atom. The van der Waals surface area contributed by atoms with Crippen LogP contribution in [-0.4, -0.2) is 25.7 Å². The van der Waals surface area contributed by atoms with Gasteiger partial charge in [0, 0.05) is 4.47 Å². The standard InChI is InChI=1S/C23H21Br2NO4/c1-16-13-17(24)14-19(25)23(16)30-15-22(27)26-20-9-5-6-10-21(20)29-12-11-28-18-7-3-2-4-8-18/h2-10,13-14H,11-12,15H2,1H3,(H,26,27). The van der Waals surface area contributed by atoms with Crippen molar-refractivity contribution in [2.24, 2.45) is 0 Å². The van der Waals surface area contributed by atoms with E-state index in [0.29, 0.717) is 30.4 Å². The van der Waals surface area contributed by atoms with Gasteiger partial charge in [0.15, 0.2) is 6.61 Å². The lowest BCUT2D eigenvalue weighted by atomic mass is 10.2. The second kappa shape index (κ2) is 11.0. The molecule has 0 aromatic heterocycles. The van der Waals surface area contributed by atoms with Crippen molar-refractivity contribution in [2.45, 2.75) is 6.92 Å². The van der Waals surface area contributed by atoms with Crippen molar-refractivity contribution >= 4 is 43.5 Å². The number of para-hydroxylation sites is 3. The highest BCUT2D eigenvalue weighted by Crippen LogP contribution is 2.32. The zero-order valence-corrected chi connectivity index (χ0v) is 19.5. The molecule has 1 amide bonds. The molecule has 0 unspecified atom stereocenters. The minimum Gasteiger partial charge on any atom is -0.490 e. The predicted molar refractivity (Wildman–Crippen MR) is 125 cm³/mol. The van der Waals surface area contributed by atoms with E-state index in [9.17, 15) is 4.79 Å². The molecule has 0 heterocycles. The highest BCUT2D eigenvalue weighted by Gasteiger charge is 2.12. The number of carbonyl (C=O) groups is 1. The maximum atomic E-state index is 12.4. The van der Waals surface area contributed by atoms with E-state index in [1.807, 2.05) is 61.5 Å². The van der Waals surface area contributed by atoms with Crippen molar-refractivity contribution in [1.82, 2.24) is 0 Å². The summed E-state index contributed by atoms with van der Waals surface area (Å²) in [6.45, 7) is 2.55. The van der Waals surface area contributed by atoms with Gasteiger partial charge in [-0.05, 0) is 64.8 Å². The lowest BCUT2D eigenvalue weighted by molar-refractivity contribution is -0.118. The van der Waals surface area contributed by atoms with E-state index >= 15 is 0 Å². The van der Waals surface area contributed by atoms with Crippen molar-refractivity contribution < 1.29 is 19.0 Å². The Bertz CT molecular complexity index is 972. The van der Waals surface area contributed by atoms with Crippen LogP contribution in [0.2, 0.25) is 0 Å². The molecule has 3 aromatic carbocycles. The number of carbonyl (C=O) groups excluding carboxylic acids is 1. The van der Waals surface area contributed by atoms with Crippen LogP contribution in [0.25, 0.3) is 0 Å². The van der Waals surface area contributed by atoms with Gasteiger partial charge in [-0.25, -0.2) is 0 Å². The SMILES string of the molecule is Cc1cc(Br)cc(Br)c1OCC(=O)Nc1ccccc1OCCOc1ccccc1. The first-order chi connectivity index (χ1) is 14.5. The Labute approximate surface area is 192 Å². The summed E-state index contributed by atoms with van der Waals surface area (Å²) in [5.41, 5.74) is 1.50. The van der Waals surface area contributed by atoms with Crippen molar-refractivity contribution in [1.29, 1.82) is 0 Å². The van der Waals surface area contributed by atoms with E-state index in [2.05, 4.69) is 37.2 Å². The van der Waals surface area contributed by atoms with Crippen LogP contribution in [0.1, 0.15) is 5.56 Å². The van der Waals surface area contributed by atoms with E-state index in [4.69, 9.17) is 14.2 Å². The average Bonchev–Trinajstić information content (AvgIpc) is 2.72. The number of amides is 1. The first-order valence-electron chi connectivity index (χ1n) is 9.31. The molecule has 0 bridgehead atoms. The van der Waals surface area contributed by atoms with Crippen LogP contribution in [0.5, 0.6) is 17.2 Å². The van der Waals surface area contributed by atoms with Gasteiger partial charge in [0.05, 0.1) is 10.2 Å². The summed E-state index contributed by atoms with van der Waals surface area (Å²) in [4.78, 5) is 12.4. The fourth-order valence-corrected chi connectivity index (χ4v) is 4.27. The number of ether oxygens (including phenoxy) is 3. The Hall–Kier alpha value is -2.51. The molecule has 0 saturated heterocycles. The highest BCUT2D eigenvalue weighted by molar-refractivity contribution is 9.11. The maximum absolute atomic E-state index is 12.4. The van der Waals surface area contributed by atoms with Crippen LogP contribution < -0.4 is 19.5 Å². The lowest BCUT2D eigenvalue weighted by Gasteiger charge is -2.14. The third-order valence-corrected chi connectivity index (χ3v) is 5.10. The normalized spacial score (nSPS) is 10.4. The van der Waals surface area contributed by atoms with Gasteiger partial charge < -0.3 is 19.5 Å². The van der Waals surface area contributed by atoms with Crippen LogP contribution in [0, 0.1) is 6.92 Å². The summed E-state index contributed by atoms with van der Waals surface area (Å²) in [5, 5.41) is 2.84. The maximum Gasteiger partial charge on any atom is 0.262 e. The second-order valence-electron chi connectivity index (χ2n) is 6.38. The van der Waals surface area contributed by atoms with E-state index < -0.39 is 0 Å². The summed E-state index contributed by atoms with van der Waals surface area (Å²) in [6.07, 6.45) is 0. The first kappa shape index (κ1) is 22.2. The van der Waals surface area contributed by atoms with Crippen LogP contribution in [0.4, 0.5) is 5.69 Å². The molecule has 0 aliphatic rings. The monoisotopic (exact) mass is 533 g/mol. The zero-order chi connectivity index (χ0) is 21.3. The zero-order valence-electron chi connectivity index (χ0n) is 16.4. The van der Waals surface area contributed by atoms with Crippen molar-refractivity contribution in [3.63, 3.8) is 0 Å². The van der Waals surface area contributed by atoms with E-state index in [1.54, 1.807) is 12.1 Å². The molecule has 0 aliphatic heterocycles. The molecule has 3 aromatic rings. The van der Waals surface area contributed by atoms with Crippen LogP contribution in [0.3, 0.4) is 0 Å². The Morgan fingerprint density at radius 3 is 2.37 bits per heavy atom. The molecule has 0 atom stereocenters. The van der Waals surface area contributed by atoms with Gasteiger partial charge in [0.2, 0.25) is 0 Å². The molecule has 0 saturated carbocycles. The number of benzene rings is 3. The van der Waals surface area contributed by atoms with Gasteiger partial charge in [-0.3, -0.25) is 4.79 Å². The van der Waals surface area contributed by atoms with Gasteiger partial charge in [-0.2, -0.15) is 0 Å². The molecule has 0 fully saturated rings. The molecular formula is C23H21Br2NO4. The molecule has 3 rings (SSSR count). The highest BCUT2D eigenvalue weighted by atomic mass is 79.9. The van der Waals surface area contributed by atoms with Crippen LogP contribution >= 0.6 is 31.9 Å². The molecule has 30 heavy (non-hydrogen) atoms. The van der Waals surface area contributed by atoms with Gasteiger partial charge in [0.1, 0.15) is 30.5 Å². The number of anilines is 1. The summed E-state index contributed by atoms with van der Waals surface area (Å²) in [6, 6.07) is 20.6. The molecule has 5 nitrogen and oxygen atoms in total. The molecule has 156 valence electrons. The largest absolute Gasteiger partial charge is 0.490 e. The average molecular weight is 535 g/mol. The number of nitrogens with one attached hydrogen (secondary N) is 1. The topological polar surface area (TPSA) is 56.8 Å². The molecule has 1 N–H and O–H groups in total. The Kier molecular flexibility index (Phi) is 8.16. The van der Waals surface area contributed by atoms with E-state index in [1.165, 1.54) is 0 Å². The van der Waals surface area contributed by atoms with Gasteiger partial charge >= 0.3 is 0 Å². The summed E-state index contributed by atoms with van der Waals surface area (Å²) in [5.74, 6) is 1.72. The first-order valence-corrected chi connectivity index (χ1v) is 10.9. The molecule has 0 radical (unpaired) electrons. The van der Waals surface area contributed by atoms with Crippen LogP contribution in [0.15, 0.2) is 75.7 Å². The predicted octanol–water partition coefficient (Wildman–Crippen LogP) is 6.00. The Morgan fingerprint density at radius 1 is 0.900 bits per heavy atom. The smallest absolute Gasteiger partial charge is 0.262 e. The Balaban J connectivity index is 1.52. The summed E-state index contributed by atoms with van der Waals surface area (Å²) >= 11 is 6.89. The van der Waals surface area contributed by atoms with Gasteiger partial charge in [-0.15, -0.1) is 0 Å². The van der Waals surface area contributed by atoms with Crippen molar-refractivity contribution in [3.8, 4) is 17.2 Å². The lowest BCUT2D eigenvalue weighted by Crippen LogP contribution is -2.21. The second-order valence-corrected chi connectivity index (χ2v) is 8.15.